The van der Waals surface area contributed by atoms with E-state index in [4.69, 9.17) is 5.26 Å². The van der Waals surface area contributed by atoms with Crippen LogP contribution < -0.4 is 0 Å². The van der Waals surface area contributed by atoms with Crippen molar-refractivity contribution in [3.63, 3.8) is 0 Å². The van der Waals surface area contributed by atoms with Crippen LogP contribution in [0.2, 0.25) is 0 Å². The highest BCUT2D eigenvalue weighted by Crippen LogP contribution is 2.21. The molecule has 3 heterocycles. The zero-order valence-electron chi connectivity index (χ0n) is 15.1. The van der Waals surface area contributed by atoms with Crippen molar-refractivity contribution in [1.82, 2.24) is 24.8 Å². The van der Waals surface area contributed by atoms with Gasteiger partial charge in [-0.25, -0.2) is 4.39 Å². The molecule has 0 aliphatic carbocycles. The molecule has 0 aliphatic rings. The number of halogens is 1. The second-order valence-electron chi connectivity index (χ2n) is 6.62. The lowest BCUT2D eigenvalue weighted by Crippen LogP contribution is -2.02. The molecule has 5 rings (SSSR count). The van der Waals surface area contributed by atoms with Crippen LogP contribution in [-0.2, 0) is 6.42 Å². The maximum absolute atomic E-state index is 13.6. The quantitative estimate of drug-likeness (QED) is 0.474. The first-order chi connectivity index (χ1) is 14.2. The van der Waals surface area contributed by atoms with Gasteiger partial charge < -0.3 is 0 Å². The van der Waals surface area contributed by atoms with E-state index in [9.17, 15) is 4.39 Å². The number of hydrogen-bond acceptors (Lipinski definition) is 5. The molecule has 29 heavy (non-hydrogen) atoms. The lowest BCUT2D eigenvalue weighted by molar-refractivity contribution is 0.624. The van der Waals surface area contributed by atoms with E-state index in [0.717, 1.165) is 16.5 Å². The van der Waals surface area contributed by atoms with Crippen molar-refractivity contribution >= 4 is 16.6 Å². The smallest absolute Gasteiger partial charge is 0.177 e. The SMILES string of the molecule is N#Cc1cc(-c2ccc3nnc(Cc4ccc5ncccc5c4)n3n2)ccc1F. The minimum Gasteiger partial charge on any atom is -0.256 e. The number of pyridine rings is 1. The summed E-state index contributed by atoms with van der Waals surface area (Å²) in [7, 11) is 0. The molecule has 0 spiro atoms. The van der Waals surface area contributed by atoms with E-state index in [0.29, 0.717) is 29.1 Å². The lowest BCUT2D eigenvalue weighted by atomic mass is 10.1. The van der Waals surface area contributed by atoms with Gasteiger partial charge in [0, 0.05) is 23.6 Å². The number of benzene rings is 2. The van der Waals surface area contributed by atoms with E-state index in [2.05, 4.69) is 26.3 Å². The third kappa shape index (κ3) is 3.07. The second kappa shape index (κ2) is 6.77. The van der Waals surface area contributed by atoms with Gasteiger partial charge >= 0.3 is 0 Å². The minimum absolute atomic E-state index is 0.0156. The van der Waals surface area contributed by atoms with Gasteiger partial charge in [0.15, 0.2) is 11.5 Å². The van der Waals surface area contributed by atoms with E-state index < -0.39 is 5.82 Å². The molecule has 7 heteroatoms. The number of hydrogen-bond donors (Lipinski definition) is 0. The van der Waals surface area contributed by atoms with Gasteiger partial charge in [0.25, 0.3) is 0 Å². The van der Waals surface area contributed by atoms with E-state index in [1.54, 1.807) is 28.9 Å². The Balaban J connectivity index is 1.55. The third-order valence-corrected chi connectivity index (χ3v) is 4.74. The predicted molar refractivity (Wildman–Crippen MR) is 105 cm³/mol. The third-order valence-electron chi connectivity index (χ3n) is 4.74. The van der Waals surface area contributed by atoms with Crippen LogP contribution in [0.1, 0.15) is 17.0 Å². The Morgan fingerprint density at radius 3 is 2.83 bits per heavy atom. The predicted octanol–water partition coefficient (Wildman–Crippen LogP) is 3.94. The van der Waals surface area contributed by atoms with Gasteiger partial charge in [-0.2, -0.15) is 14.9 Å². The van der Waals surface area contributed by atoms with E-state index in [1.807, 2.05) is 30.3 Å². The standard InChI is InChI=1S/C22H13FN6/c23-18-5-4-16(12-17(18)13-24)20-7-8-21-26-27-22(29(21)28-20)11-14-3-6-19-15(10-14)2-1-9-25-19/h1-10,12H,11H2. The summed E-state index contributed by atoms with van der Waals surface area (Å²) in [5, 5.41) is 23.2. The minimum atomic E-state index is -0.548. The number of nitriles is 1. The van der Waals surface area contributed by atoms with E-state index in [1.165, 1.54) is 12.1 Å². The molecular formula is C22H13FN6. The van der Waals surface area contributed by atoms with Crippen LogP contribution in [-0.4, -0.2) is 24.8 Å². The highest BCUT2D eigenvalue weighted by Gasteiger charge is 2.11. The molecule has 0 radical (unpaired) electrons. The van der Waals surface area contributed by atoms with Crippen LogP contribution in [0.25, 0.3) is 27.8 Å². The Hall–Kier alpha value is -4.18. The Bertz CT molecular complexity index is 1420. The van der Waals surface area contributed by atoms with Crippen molar-refractivity contribution in [2.75, 3.05) is 0 Å². The first kappa shape index (κ1) is 17.0. The molecule has 0 amide bonds. The van der Waals surface area contributed by atoms with Gasteiger partial charge in [-0.1, -0.05) is 12.1 Å². The molecule has 0 saturated heterocycles. The number of nitrogens with zero attached hydrogens (tertiary/aromatic N) is 6. The summed E-state index contributed by atoms with van der Waals surface area (Å²) < 4.78 is 15.3. The van der Waals surface area contributed by atoms with Gasteiger partial charge in [0.05, 0.1) is 16.8 Å². The Kier molecular flexibility index (Phi) is 3.96. The first-order valence-corrected chi connectivity index (χ1v) is 8.96. The van der Waals surface area contributed by atoms with Gasteiger partial charge in [0.2, 0.25) is 0 Å². The molecule has 0 atom stereocenters. The fourth-order valence-electron chi connectivity index (χ4n) is 3.29. The lowest BCUT2D eigenvalue weighted by Gasteiger charge is -2.05. The fraction of sp³-hybridized carbons (Fsp3) is 0.0455. The zero-order chi connectivity index (χ0) is 19.8. The van der Waals surface area contributed by atoms with E-state index >= 15 is 0 Å². The first-order valence-electron chi connectivity index (χ1n) is 8.96. The molecule has 0 N–H and O–H groups in total. The average molecular weight is 380 g/mol. The van der Waals surface area contributed by atoms with Crippen LogP contribution in [0.5, 0.6) is 0 Å². The average Bonchev–Trinajstić information content (AvgIpc) is 3.16. The molecule has 0 fully saturated rings. The van der Waals surface area contributed by atoms with Crippen molar-refractivity contribution in [3.05, 3.63) is 89.6 Å². The van der Waals surface area contributed by atoms with Gasteiger partial charge in [0.1, 0.15) is 11.9 Å². The van der Waals surface area contributed by atoms with Gasteiger partial charge in [-0.3, -0.25) is 4.98 Å². The summed E-state index contributed by atoms with van der Waals surface area (Å²) in [5.74, 6) is 0.140. The van der Waals surface area contributed by atoms with Crippen molar-refractivity contribution < 1.29 is 4.39 Å². The number of aromatic nitrogens is 5. The molecule has 0 unspecified atom stereocenters. The highest BCUT2D eigenvalue weighted by molar-refractivity contribution is 5.79. The van der Waals surface area contributed by atoms with Gasteiger partial charge in [-0.05, 0) is 54.1 Å². The maximum Gasteiger partial charge on any atom is 0.177 e. The van der Waals surface area contributed by atoms with Crippen molar-refractivity contribution in [2.45, 2.75) is 6.42 Å². The molecule has 0 saturated carbocycles. The van der Waals surface area contributed by atoms with E-state index in [-0.39, 0.29) is 5.56 Å². The highest BCUT2D eigenvalue weighted by atomic mass is 19.1. The molecule has 0 aliphatic heterocycles. The van der Waals surface area contributed by atoms with Crippen molar-refractivity contribution in [2.24, 2.45) is 0 Å². The summed E-state index contributed by atoms with van der Waals surface area (Å²) >= 11 is 0. The van der Waals surface area contributed by atoms with Crippen molar-refractivity contribution in [1.29, 1.82) is 5.26 Å². The largest absolute Gasteiger partial charge is 0.256 e. The molecule has 6 nitrogen and oxygen atoms in total. The Labute approximate surface area is 164 Å². The molecule has 0 bridgehead atoms. The maximum atomic E-state index is 13.6. The Morgan fingerprint density at radius 1 is 1.00 bits per heavy atom. The van der Waals surface area contributed by atoms with Crippen LogP contribution >= 0.6 is 0 Å². The fourth-order valence-corrected chi connectivity index (χ4v) is 3.29. The van der Waals surface area contributed by atoms with Crippen molar-refractivity contribution in [3.8, 4) is 17.3 Å². The van der Waals surface area contributed by atoms with Crippen LogP contribution in [0.15, 0.2) is 66.9 Å². The Morgan fingerprint density at radius 2 is 1.93 bits per heavy atom. The summed E-state index contributed by atoms with van der Waals surface area (Å²) in [6.07, 6.45) is 2.32. The van der Waals surface area contributed by atoms with Crippen LogP contribution in [0.3, 0.4) is 0 Å². The summed E-state index contributed by atoms with van der Waals surface area (Å²) in [6.45, 7) is 0. The zero-order valence-corrected chi connectivity index (χ0v) is 15.1. The number of fused-ring (bicyclic) bond motifs is 2. The molecule has 2 aromatic carbocycles. The summed E-state index contributed by atoms with van der Waals surface area (Å²) in [6, 6.07) is 19.8. The van der Waals surface area contributed by atoms with Gasteiger partial charge in [-0.15, -0.1) is 10.2 Å². The molecular weight excluding hydrogens is 367 g/mol. The monoisotopic (exact) mass is 380 g/mol. The molecule has 138 valence electrons. The summed E-state index contributed by atoms with van der Waals surface area (Å²) in [4.78, 5) is 4.34. The topological polar surface area (TPSA) is 79.8 Å². The normalized spacial score (nSPS) is 11.0. The number of rotatable bonds is 3. The summed E-state index contributed by atoms with van der Waals surface area (Å²) in [5.41, 5.74) is 3.87. The molecule has 5 aromatic rings. The molecule has 3 aromatic heterocycles. The van der Waals surface area contributed by atoms with Crippen LogP contribution in [0.4, 0.5) is 4.39 Å². The second-order valence-corrected chi connectivity index (χ2v) is 6.62. The van der Waals surface area contributed by atoms with Crippen LogP contribution in [0, 0.1) is 17.1 Å².